The Morgan fingerprint density at radius 1 is 1.19 bits per heavy atom. The Hall–Kier alpha value is -2.37. The minimum Gasteiger partial charge on any atom is -0.465 e. The molecule has 26 heavy (non-hydrogen) atoms. The van der Waals surface area contributed by atoms with E-state index < -0.39 is 6.09 Å². The molecule has 6 heteroatoms. The zero-order valence-corrected chi connectivity index (χ0v) is 16.0. The van der Waals surface area contributed by atoms with Crippen LogP contribution in [0.4, 0.5) is 10.6 Å². The van der Waals surface area contributed by atoms with Crippen molar-refractivity contribution in [3.05, 3.63) is 30.1 Å². The van der Waals surface area contributed by atoms with Crippen molar-refractivity contribution >= 4 is 22.8 Å². The quantitative estimate of drug-likeness (QED) is 0.850. The number of nitrogens with one attached hydrogen (secondary N) is 1. The number of nitrogens with zero attached hydrogens (tertiary/aromatic N) is 3. The van der Waals surface area contributed by atoms with E-state index >= 15 is 0 Å². The van der Waals surface area contributed by atoms with Crippen molar-refractivity contribution in [3.8, 4) is 0 Å². The molecule has 1 heterocycles. The van der Waals surface area contributed by atoms with Crippen LogP contribution >= 0.6 is 0 Å². The Morgan fingerprint density at radius 3 is 2.50 bits per heavy atom. The predicted octanol–water partition coefficient (Wildman–Crippen LogP) is 4.44. The molecule has 1 aliphatic carbocycles. The summed E-state index contributed by atoms with van der Waals surface area (Å²) in [7, 11) is 0. The van der Waals surface area contributed by atoms with Crippen LogP contribution in [0.2, 0.25) is 0 Å². The average molecular weight is 356 g/mol. The molecule has 1 amide bonds. The number of fused-ring (bicyclic) bond motifs is 1. The van der Waals surface area contributed by atoms with Crippen LogP contribution in [0, 0.1) is 6.92 Å². The van der Waals surface area contributed by atoms with Gasteiger partial charge in [0.15, 0.2) is 0 Å². The van der Waals surface area contributed by atoms with Crippen molar-refractivity contribution in [3.63, 3.8) is 0 Å². The normalized spacial score (nSPS) is 20.8. The lowest BCUT2D eigenvalue weighted by Crippen LogP contribution is -2.52. The van der Waals surface area contributed by atoms with Crippen LogP contribution < -0.4 is 5.32 Å². The maximum absolute atomic E-state index is 11.7. The topological polar surface area (TPSA) is 78.4 Å². The van der Waals surface area contributed by atoms with E-state index in [0.717, 1.165) is 42.4 Å². The Bertz CT molecular complexity index is 792. The summed E-state index contributed by atoms with van der Waals surface area (Å²) in [6.07, 6.45) is 4.36. The number of benzene rings is 1. The molecule has 0 unspecified atom stereocenters. The second-order valence-electron chi connectivity index (χ2n) is 8.22. The SMILES string of the molecule is Cc1ccc2ncnc(N[C@H]3CC[C@H](N(C(=O)O)C(C)(C)C)CC3)c2c1. The summed E-state index contributed by atoms with van der Waals surface area (Å²) in [5.41, 5.74) is 1.74. The molecular weight excluding hydrogens is 328 g/mol. The summed E-state index contributed by atoms with van der Waals surface area (Å²) < 4.78 is 0. The minimum atomic E-state index is -0.828. The maximum atomic E-state index is 11.7. The first-order valence-corrected chi connectivity index (χ1v) is 9.26. The van der Waals surface area contributed by atoms with Crippen molar-refractivity contribution in [2.75, 3.05) is 5.32 Å². The van der Waals surface area contributed by atoms with Crippen LogP contribution in [0.1, 0.15) is 52.0 Å². The third kappa shape index (κ3) is 3.89. The first-order chi connectivity index (χ1) is 12.3. The third-order valence-corrected chi connectivity index (χ3v) is 5.12. The smallest absolute Gasteiger partial charge is 0.407 e. The molecule has 0 atom stereocenters. The van der Waals surface area contributed by atoms with Gasteiger partial charge in [0.05, 0.1) is 5.52 Å². The molecule has 0 saturated heterocycles. The summed E-state index contributed by atoms with van der Waals surface area (Å²) >= 11 is 0. The van der Waals surface area contributed by atoms with Crippen molar-refractivity contribution in [1.29, 1.82) is 0 Å². The van der Waals surface area contributed by atoms with E-state index in [4.69, 9.17) is 0 Å². The first-order valence-electron chi connectivity index (χ1n) is 9.26. The summed E-state index contributed by atoms with van der Waals surface area (Å²) in [6.45, 7) is 7.94. The van der Waals surface area contributed by atoms with Gasteiger partial charge in [0, 0.05) is 23.0 Å². The van der Waals surface area contributed by atoms with E-state index in [1.807, 2.05) is 26.8 Å². The molecule has 6 nitrogen and oxygen atoms in total. The van der Waals surface area contributed by atoms with E-state index in [-0.39, 0.29) is 11.6 Å². The lowest BCUT2D eigenvalue weighted by atomic mass is 9.88. The molecule has 140 valence electrons. The fraction of sp³-hybridized carbons (Fsp3) is 0.550. The highest BCUT2D eigenvalue weighted by molar-refractivity contribution is 5.89. The average Bonchev–Trinajstić information content (AvgIpc) is 2.55. The predicted molar refractivity (Wildman–Crippen MR) is 104 cm³/mol. The van der Waals surface area contributed by atoms with Crippen molar-refractivity contribution in [2.45, 2.75) is 71.0 Å². The van der Waals surface area contributed by atoms with Crippen molar-refractivity contribution < 1.29 is 9.90 Å². The Labute approximate surface area is 154 Å². The van der Waals surface area contributed by atoms with Gasteiger partial charge >= 0.3 is 6.09 Å². The molecule has 0 bridgehead atoms. The number of carbonyl (C=O) groups is 1. The monoisotopic (exact) mass is 356 g/mol. The van der Waals surface area contributed by atoms with Gasteiger partial charge in [-0.3, -0.25) is 0 Å². The van der Waals surface area contributed by atoms with Crippen LogP contribution in [0.5, 0.6) is 0 Å². The van der Waals surface area contributed by atoms with E-state index in [9.17, 15) is 9.90 Å². The number of aryl methyl sites for hydroxylation is 1. The number of amides is 1. The van der Waals surface area contributed by atoms with E-state index in [2.05, 4.69) is 34.3 Å². The largest absolute Gasteiger partial charge is 0.465 e. The van der Waals surface area contributed by atoms with Gasteiger partial charge < -0.3 is 15.3 Å². The molecule has 1 aromatic heterocycles. The summed E-state index contributed by atoms with van der Waals surface area (Å²) in [5, 5.41) is 14.2. The molecule has 0 radical (unpaired) electrons. The molecule has 1 fully saturated rings. The number of aromatic nitrogens is 2. The van der Waals surface area contributed by atoms with Gasteiger partial charge in [0.1, 0.15) is 12.1 Å². The first kappa shape index (κ1) is 18.4. The standard InChI is InChI=1S/C20H28N4O2/c1-13-5-10-17-16(11-13)18(22-12-21-17)23-14-6-8-15(9-7-14)24(19(25)26)20(2,3)4/h5,10-12,14-15H,6-9H2,1-4H3,(H,25,26)(H,21,22,23)/t14-,15-. The van der Waals surface area contributed by atoms with Gasteiger partial charge in [-0.05, 0) is 65.5 Å². The van der Waals surface area contributed by atoms with Gasteiger partial charge in [0.25, 0.3) is 0 Å². The lowest BCUT2D eigenvalue weighted by molar-refractivity contribution is 0.0556. The lowest BCUT2D eigenvalue weighted by Gasteiger charge is -2.42. The molecular formula is C20H28N4O2. The van der Waals surface area contributed by atoms with Crippen LogP contribution in [0.15, 0.2) is 24.5 Å². The fourth-order valence-electron chi connectivity index (χ4n) is 3.95. The molecule has 1 aromatic carbocycles. The number of carboxylic acid groups (broad SMARTS) is 1. The minimum absolute atomic E-state index is 0.0786. The number of rotatable bonds is 3. The van der Waals surface area contributed by atoms with Gasteiger partial charge in [-0.2, -0.15) is 0 Å². The second-order valence-corrected chi connectivity index (χ2v) is 8.22. The second kappa shape index (κ2) is 7.09. The highest BCUT2D eigenvalue weighted by Gasteiger charge is 2.35. The van der Waals surface area contributed by atoms with Gasteiger partial charge in [-0.15, -0.1) is 0 Å². The van der Waals surface area contributed by atoms with Crippen LogP contribution in [0.25, 0.3) is 10.9 Å². The van der Waals surface area contributed by atoms with Gasteiger partial charge in [-0.1, -0.05) is 11.6 Å². The number of hydrogen-bond acceptors (Lipinski definition) is 4. The van der Waals surface area contributed by atoms with E-state index in [1.54, 1.807) is 11.2 Å². The number of anilines is 1. The number of hydrogen-bond donors (Lipinski definition) is 2. The Morgan fingerprint density at radius 2 is 1.88 bits per heavy atom. The maximum Gasteiger partial charge on any atom is 0.407 e. The summed E-state index contributed by atoms with van der Waals surface area (Å²) in [5.74, 6) is 0.869. The third-order valence-electron chi connectivity index (χ3n) is 5.12. The van der Waals surface area contributed by atoms with E-state index in [1.165, 1.54) is 5.56 Å². The van der Waals surface area contributed by atoms with Crippen LogP contribution in [0.3, 0.4) is 0 Å². The molecule has 0 spiro atoms. The molecule has 1 saturated carbocycles. The van der Waals surface area contributed by atoms with E-state index in [0.29, 0.717) is 6.04 Å². The van der Waals surface area contributed by atoms with Gasteiger partial charge in [-0.25, -0.2) is 14.8 Å². The fourth-order valence-corrected chi connectivity index (χ4v) is 3.95. The highest BCUT2D eigenvalue weighted by atomic mass is 16.4. The molecule has 2 aromatic rings. The molecule has 0 aliphatic heterocycles. The summed E-state index contributed by atoms with van der Waals surface area (Å²) in [6, 6.07) is 6.56. The van der Waals surface area contributed by atoms with Crippen molar-refractivity contribution in [2.24, 2.45) is 0 Å². The van der Waals surface area contributed by atoms with Crippen LogP contribution in [-0.4, -0.2) is 43.7 Å². The molecule has 3 rings (SSSR count). The zero-order valence-electron chi connectivity index (χ0n) is 16.0. The van der Waals surface area contributed by atoms with Crippen LogP contribution in [-0.2, 0) is 0 Å². The summed E-state index contributed by atoms with van der Waals surface area (Å²) in [4.78, 5) is 22.1. The molecule has 2 N–H and O–H groups in total. The molecule has 1 aliphatic rings. The Kier molecular flexibility index (Phi) is 5.03. The zero-order chi connectivity index (χ0) is 18.9. The Balaban J connectivity index is 1.70. The highest BCUT2D eigenvalue weighted by Crippen LogP contribution is 2.31. The van der Waals surface area contributed by atoms with Crippen molar-refractivity contribution in [1.82, 2.24) is 14.9 Å². The van der Waals surface area contributed by atoms with Gasteiger partial charge in [0.2, 0.25) is 0 Å².